The van der Waals surface area contributed by atoms with Crippen molar-refractivity contribution in [2.45, 2.75) is 54.1 Å². The molecule has 1 fully saturated rings. The summed E-state index contributed by atoms with van der Waals surface area (Å²) in [7, 11) is 1.61. The Balaban J connectivity index is 0. The van der Waals surface area contributed by atoms with Crippen LogP contribution in [0.5, 0.6) is 0 Å². The number of hydrogen-bond donors (Lipinski definition) is 0. The molecule has 1 atom stereocenters. The van der Waals surface area contributed by atoms with Gasteiger partial charge in [0.2, 0.25) is 6.41 Å². The van der Waals surface area contributed by atoms with Gasteiger partial charge in [0.1, 0.15) is 0 Å². The fourth-order valence-corrected chi connectivity index (χ4v) is 1.96. The number of hydrogen-bond acceptors (Lipinski definition) is 3. The Kier molecular flexibility index (Phi) is 15.7. The van der Waals surface area contributed by atoms with E-state index in [4.69, 9.17) is 4.74 Å². The summed E-state index contributed by atoms with van der Waals surface area (Å²) in [5.41, 5.74) is 0.506. The van der Waals surface area contributed by atoms with Crippen LogP contribution in [0.2, 0.25) is 0 Å². The Labute approximate surface area is 142 Å². The molecular formula is C18H34N2O3. The predicted octanol–water partition coefficient (Wildman–Crippen LogP) is 3.22. The highest BCUT2D eigenvalue weighted by atomic mass is 16.5. The van der Waals surface area contributed by atoms with Gasteiger partial charge < -0.3 is 14.5 Å². The molecule has 5 nitrogen and oxygen atoms in total. The first kappa shape index (κ1) is 23.6. The van der Waals surface area contributed by atoms with E-state index in [2.05, 4.69) is 0 Å². The minimum Gasteiger partial charge on any atom is -0.377 e. The molecule has 0 radical (unpaired) electrons. The van der Waals surface area contributed by atoms with Gasteiger partial charge in [0.25, 0.3) is 5.91 Å². The molecule has 0 N–H and O–H groups in total. The Morgan fingerprint density at radius 1 is 1.26 bits per heavy atom. The number of allylic oxidation sites excluding steroid dienone is 1. The Bertz CT molecular complexity index is 378. The summed E-state index contributed by atoms with van der Waals surface area (Å²) < 4.78 is 5.53. The molecule has 1 aliphatic heterocycles. The molecule has 23 heavy (non-hydrogen) atoms. The smallest absolute Gasteiger partial charge is 0.255 e. The van der Waals surface area contributed by atoms with Crippen molar-refractivity contribution in [1.82, 2.24) is 9.80 Å². The molecule has 0 saturated carbocycles. The second-order valence-corrected chi connectivity index (χ2v) is 4.64. The van der Waals surface area contributed by atoms with Crippen molar-refractivity contribution in [3.05, 3.63) is 23.9 Å². The largest absolute Gasteiger partial charge is 0.377 e. The van der Waals surface area contributed by atoms with E-state index in [9.17, 15) is 9.59 Å². The minimum absolute atomic E-state index is 0.0436. The third-order valence-corrected chi connectivity index (χ3v) is 2.84. The molecule has 0 spiro atoms. The molecule has 1 saturated heterocycles. The lowest BCUT2D eigenvalue weighted by Crippen LogP contribution is -2.37. The van der Waals surface area contributed by atoms with E-state index in [-0.39, 0.29) is 12.0 Å². The van der Waals surface area contributed by atoms with Crippen molar-refractivity contribution in [1.29, 1.82) is 0 Å². The number of rotatable bonds is 4. The summed E-state index contributed by atoms with van der Waals surface area (Å²) in [5.74, 6) is -0.0656. The highest BCUT2D eigenvalue weighted by molar-refractivity contribution is 5.96. The summed E-state index contributed by atoms with van der Waals surface area (Å²) >= 11 is 0. The summed E-state index contributed by atoms with van der Waals surface area (Å²) in [6.07, 6.45) is 6.61. The summed E-state index contributed by atoms with van der Waals surface area (Å²) in [6, 6.07) is 0. The van der Waals surface area contributed by atoms with Gasteiger partial charge in [0.05, 0.1) is 11.7 Å². The van der Waals surface area contributed by atoms with Crippen molar-refractivity contribution in [3.8, 4) is 0 Å². The van der Waals surface area contributed by atoms with E-state index >= 15 is 0 Å². The average Bonchev–Trinajstić information content (AvgIpc) is 2.81. The molecule has 134 valence electrons. The van der Waals surface area contributed by atoms with E-state index in [1.807, 2.05) is 41.5 Å². The molecule has 1 aliphatic rings. The van der Waals surface area contributed by atoms with Crippen LogP contribution < -0.4 is 0 Å². The van der Waals surface area contributed by atoms with E-state index in [1.54, 1.807) is 30.3 Å². The lowest BCUT2D eigenvalue weighted by atomic mass is 10.2. The maximum atomic E-state index is 12.4. The van der Waals surface area contributed by atoms with Crippen molar-refractivity contribution in [3.63, 3.8) is 0 Å². The zero-order valence-electron chi connectivity index (χ0n) is 15.8. The molecule has 1 unspecified atom stereocenters. The highest BCUT2D eigenvalue weighted by Gasteiger charge is 2.21. The third-order valence-electron chi connectivity index (χ3n) is 2.84. The second-order valence-electron chi connectivity index (χ2n) is 4.64. The maximum absolute atomic E-state index is 12.4. The number of carbonyl (C=O) groups excluding carboxylic acids is 2. The first-order valence-electron chi connectivity index (χ1n) is 8.51. The topological polar surface area (TPSA) is 49.9 Å². The lowest BCUT2D eigenvalue weighted by Gasteiger charge is -2.23. The number of ether oxygens (including phenoxy) is 1. The van der Waals surface area contributed by atoms with Crippen LogP contribution in [0.4, 0.5) is 0 Å². The molecule has 1 rings (SSSR count). The normalized spacial score (nSPS) is 18.1. The molecule has 1 heterocycles. The predicted molar refractivity (Wildman–Crippen MR) is 96.0 cm³/mol. The Hall–Kier alpha value is -1.62. The average molecular weight is 326 g/mol. The van der Waals surface area contributed by atoms with Crippen LogP contribution in [0.15, 0.2) is 23.9 Å². The number of nitrogens with zero attached hydrogens (tertiary/aromatic N) is 2. The van der Waals surface area contributed by atoms with Gasteiger partial charge in [-0.25, -0.2) is 0 Å². The van der Waals surface area contributed by atoms with Crippen LogP contribution in [0.1, 0.15) is 48.0 Å². The first-order valence-corrected chi connectivity index (χ1v) is 8.51. The molecule has 0 aromatic carbocycles. The fraction of sp³-hybridized carbons (Fsp3) is 0.667. The van der Waals surface area contributed by atoms with Gasteiger partial charge in [-0.15, -0.1) is 0 Å². The van der Waals surface area contributed by atoms with Gasteiger partial charge in [-0.3, -0.25) is 9.59 Å². The number of carbonyl (C=O) groups is 2. The van der Waals surface area contributed by atoms with Gasteiger partial charge in [0, 0.05) is 32.9 Å². The van der Waals surface area contributed by atoms with Crippen LogP contribution in [0, 0.1) is 0 Å². The summed E-state index contributed by atoms with van der Waals surface area (Å²) in [5, 5.41) is 0. The molecule has 5 heteroatoms. The highest BCUT2D eigenvalue weighted by Crippen LogP contribution is 2.11. The monoisotopic (exact) mass is 326 g/mol. The standard InChI is InChI=1S/C14H22N2O3.2C2H6/c1-4-6-13(10-15(3)11-17)14(18)16-7-5-8-19-12(2)9-16;2*1-2/h4,6,10-12H,5,7-9H2,1-3H3;2*1-2H3/b6-4-,13-10+;;. The molecular weight excluding hydrogens is 292 g/mol. The molecule has 0 aliphatic carbocycles. The minimum atomic E-state index is -0.0656. The second kappa shape index (κ2) is 15.3. The quantitative estimate of drug-likeness (QED) is 0.453. The third kappa shape index (κ3) is 9.89. The van der Waals surface area contributed by atoms with E-state index in [1.165, 1.54) is 4.90 Å². The van der Waals surface area contributed by atoms with Crippen molar-refractivity contribution in [2.24, 2.45) is 0 Å². The van der Waals surface area contributed by atoms with Crippen LogP contribution in [0.25, 0.3) is 0 Å². The van der Waals surface area contributed by atoms with Gasteiger partial charge in [-0.1, -0.05) is 39.8 Å². The Morgan fingerprint density at radius 2 is 1.87 bits per heavy atom. The van der Waals surface area contributed by atoms with Gasteiger partial charge >= 0.3 is 0 Å². The zero-order chi connectivity index (χ0) is 18.3. The summed E-state index contributed by atoms with van der Waals surface area (Å²) in [4.78, 5) is 26.2. The molecule has 0 aromatic heterocycles. The number of amides is 2. The van der Waals surface area contributed by atoms with E-state index < -0.39 is 0 Å². The van der Waals surface area contributed by atoms with E-state index in [0.717, 1.165) is 6.42 Å². The van der Waals surface area contributed by atoms with Crippen molar-refractivity contribution in [2.75, 3.05) is 26.7 Å². The molecule has 0 bridgehead atoms. The van der Waals surface area contributed by atoms with Crippen molar-refractivity contribution < 1.29 is 14.3 Å². The lowest BCUT2D eigenvalue weighted by molar-refractivity contribution is -0.127. The van der Waals surface area contributed by atoms with Crippen LogP contribution in [0.3, 0.4) is 0 Å². The first-order chi connectivity index (χ1) is 11.1. The van der Waals surface area contributed by atoms with Crippen LogP contribution in [-0.2, 0) is 14.3 Å². The van der Waals surface area contributed by atoms with Gasteiger partial charge in [0.15, 0.2) is 0 Å². The maximum Gasteiger partial charge on any atom is 0.255 e. The van der Waals surface area contributed by atoms with Crippen LogP contribution >= 0.6 is 0 Å². The van der Waals surface area contributed by atoms with Gasteiger partial charge in [-0.2, -0.15) is 0 Å². The van der Waals surface area contributed by atoms with E-state index in [0.29, 0.717) is 31.7 Å². The van der Waals surface area contributed by atoms with Gasteiger partial charge in [-0.05, 0) is 20.3 Å². The molecule has 0 aromatic rings. The Morgan fingerprint density at radius 3 is 2.39 bits per heavy atom. The van der Waals surface area contributed by atoms with Crippen LogP contribution in [-0.4, -0.2) is 55.0 Å². The molecule has 2 amide bonds. The SMILES string of the molecule is C/C=C\C(=C/N(C)C=O)C(=O)N1CCCOC(C)C1.CC.CC. The fourth-order valence-electron chi connectivity index (χ4n) is 1.96. The van der Waals surface area contributed by atoms with Crippen molar-refractivity contribution >= 4 is 12.3 Å². The summed E-state index contributed by atoms with van der Waals surface area (Å²) in [6.45, 7) is 13.8. The zero-order valence-corrected chi connectivity index (χ0v) is 15.8.